The Labute approximate surface area is 153 Å². The highest BCUT2D eigenvalue weighted by Gasteiger charge is 2.38. The summed E-state index contributed by atoms with van der Waals surface area (Å²) in [7, 11) is -1.38. The first-order chi connectivity index (χ1) is 12.3. The third-order valence-electron chi connectivity index (χ3n) is 4.20. The van der Waals surface area contributed by atoms with Crippen LogP contribution >= 0.6 is 0 Å². The Morgan fingerprint density at radius 1 is 1.31 bits per heavy atom. The molecular weight excluding hydrogens is 360 g/mol. The molecule has 0 spiro atoms. The van der Waals surface area contributed by atoms with Gasteiger partial charge in [-0.25, -0.2) is 4.79 Å². The Bertz CT molecular complexity index is 696. The number of carbonyl (C=O) groups is 3. The van der Waals surface area contributed by atoms with E-state index in [1.807, 2.05) is 0 Å². The molecule has 9 heteroatoms. The van der Waals surface area contributed by atoms with Crippen LogP contribution in [0.2, 0.25) is 0 Å². The van der Waals surface area contributed by atoms with Crippen LogP contribution in [0.25, 0.3) is 0 Å². The number of aliphatic carboxylic acids is 1. The van der Waals surface area contributed by atoms with Crippen LogP contribution in [0.5, 0.6) is 0 Å². The van der Waals surface area contributed by atoms with Crippen molar-refractivity contribution in [3.8, 4) is 0 Å². The van der Waals surface area contributed by atoms with Crippen LogP contribution in [0, 0.1) is 0 Å². The number of amides is 2. The van der Waals surface area contributed by atoms with E-state index in [0.29, 0.717) is 4.90 Å². The van der Waals surface area contributed by atoms with Gasteiger partial charge in [0, 0.05) is 30.5 Å². The number of nitrogens with one attached hydrogen (secondary N) is 1. The van der Waals surface area contributed by atoms with Crippen LogP contribution in [0.3, 0.4) is 0 Å². The smallest absolute Gasteiger partial charge is 0.326 e. The molecule has 0 aromatic heterocycles. The lowest BCUT2D eigenvalue weighted by Crippen LogP contribution is -2.50. The molecule has 1 aromatic carbocycles. The summed E-state index contributed by atoms with van der Waals surface area (Å²) in [5, 5.41) is 21.4. The van der Waals surface area contributed by atoms with Gasteiger partial charge in [-0.1, -0.05) is 18.2 Å². The van der Waals surface area contributed by atoms with Crippen molar-refractivity contribution < 1.29 is 28.8 Å². The van der Waals surface area contributed by atoms with Crippen molar-refractivity contribution in [3.05, 3.63) is 30.3 Å². The van der Waals surface area contributed by atoms with Crippen LogP contribution in [0.4, 0.5) is 0 Å². The summed E-state index contributed by atoms with van der Waals surface area (Å²) >= 11 is 0. The van der Waals surface area contributed by atoms with E-state index >= 15 is 0 Å². The van der Waals surface area contributed by atoms with Gasteiger partial charge < -0.3 is 20.4 Å². The summed E-state index contributed by atoms with van der Waals surface area (Å²) in [6.45, 7) is 1.33. The summed E-state index contributed by atoms with van der Waals surface area (Å²) in [4.78, 5) is 37.2. The van der Waals surface area contributed by atoms with E-state index < -0.39 is 40.9 Å². The highest BCUT2D eigenvalue weighted by atomic mass is 32.2. The SMILES string of the molecule is CC(=O)N1C[C@H](O)C[C@H]1C(=O)N[C@@H](CC[S@@](=O)c1ccccc1)C(=O)O. The highest BCUT2D eigenvalue weighted by molar-refractivity contribution is 7.85. The van der Waals surface area contributed by atoms with Crippen LogP contribution in [-0.4, -0.2) is 67.6 Å². The maximum atomic E-state index is 12.4. The number of nitrogens with zero attached hydrogens (tertiary/aromatic N) is 1. The first-order valence-electron chi connectivity index (χ1n) is 8.21. The molecule has 1 heterocycles. The standard InChI is InChI=1S/C17H22N2O6S/c1-11(20)19-10-12(21)9-15(19)16(22)18-14(17(23)24)7-8-26(25)13-5-3-2-4-6-13/h2-6,12,14-15,21H,7-10H2,1H3,(H,18,22)(H,23,24)/t12-,14+,15+,26-/m1/s1. The predicted octanol–water partition coefficient (Wildman–Crippen LogP) is -0.265. The zero-order valence-corrected chi connectivity index (χ0v) is 15.1. The average Bonchev–Trinajstić information content (AvgIpc) is 3.01. The van der Waals surface area contributed by atoms with Gasteiger partial charge in [0.25, 0.3) is 0 Å². The number of benzene rings is 1. The van der Waals surface area contributed by atoms with E-state index in [1.54, 1.807) is 30.3 Å². The third kappa shape index (κ3) is 5.12. The summed E-state index contributed by atoms with van der Waals surface area (Å²) in [6, 6.07) is 6.53. The molecule has 1 aliphatic heterocycles. The molecule has 1 fully saturated rings. The van der Waals surface area contributed by atoms with Gasteiger partial charge in [-0.3, -0.25) is 13.8 Å². The molecule has 1 aromatic rings. The molecule has 0 aliphatic carbocycles. The second kappa shape index (κ2) is 8.91. The molecule has 1 aliphatic rings. The number of β-amino-alcohol motifs (C(OH)–C–C–N with tert-alkyl or cyclic N) is 1. The number of hydrogen-bond donors (Lipinski definition) is 3. The molecule has 2 amide bonds. The van der Waals surface area contributed by atoms with Gasteiger partial charge in [0.1, 0.15) is 12.1 Å². The molecule has 1 saturated heterocycles. The van der Waals surface area contributed by atoms with E-state index in [4.69, 9.17) is 0 Å². The van der Waals surface area contributed by atoms with Gasteiger partial charge in [0.15, 0.2) is 0 Å². The molecular formula is C17H22N2O6S. The second-order valence-electron chi connectivity index (χ2n) is 6.13. The third-order valence-corrected chi connectivity index (χ3v) is 5.60. The lowest BCUT2D eigenvalue weighted by Gasteiger charge is -2.24. The van der Waals surface area contributed by atoms with Gasteiger partial charge in [-0.15, -0.1) is 0 Å². The quantitative estimate of drug-likeness (QED) is 0.597. The first-order valence-corrected chi connectivity index (χ1v) is 9.53. The number of aliphatic hydroxyl groups excluding tert-OH is 1. The molecule has 0 unspecified atom stereocenters. The molecule has 0 saturated carbocycles. The second-order valence-corrected chi connectivity index (χ2v) is 7.70. The van der Waals surface area contributed by atoms with Gasteiger partial charge in [-0.05, 0) is 18.6 Å². The Balaban J connectivity index is 1.97. The maximum absolute atomic E-state index is 12.4. The van der Waals surface area contributed by atoms with Crippen molar-refractivity contribution >= 4 is 28.6 Å². The average molecular weight is 382 g/mol. The van der Waals surface area contributed by atoms with E-state index in [9.17, 15) is 28.8 Å². The van der Waals surface area contributed by atoms with Crippen molar-refractivity contribution in [2.24, 2.45) is 0 Å². The topological polar surface area (TPSA) is 124 Å². The Morgan fingerprint density at radius 3 is 2.54 bits per heavy atom. The minimum atomic E-state index is -1.38. The zero-order valence-electron chi connectivity index (χ0n) is 14.3. The van der Waals surface area contributed by atoms with Gasteiger partial charge in [0.05, 0.1) is 16.9 Å². The molecule has 0 bridgehead atoms. The van der Waals surface area contributed by atoms with Crippen molar-refractivity contribution in [2.45, 2.75) is 42.8 Å². The number of carboxylic acid groups (broad SMARTS) is 1. The fourth-order valence-corrected chi connectivity index (χ4v) is 4.00. The minimum Gasteiger partial charge on any atom is -0.480 e. The van der Waals surface area contributed by atoms with Crippen molar-refractivity contribution in [1.29, 1.82) is 0 Å². The first kappa shape index (κ1) is 20.1. The van der Waals surface area contributed by atoms with E-state index in [-0.39, 0.29) is 31.0 Å². The molecule has 2 rings (SSSR count). The molecule has 4 atom stereocenters. The fraction of sp³-hybridized carbons (Fsp3) is 0.471. The van der Waals surface area contributed by atoms with Crippen molar-refractivity contribution in [2.75, 3.05) is 12.3 Å². The van der Waals surface area contributed by atoms with Gasteiger partial charge in [-0.2, -0.15) is 0 Å². The molecule has 142 valence electrons. The zero-order chi connectivity index (χ0) is 19.3. The van der Waals surface area contributed by atoms with Crippen LogP contribution < -0.4 is 5.32 Å². The number of carboxylic acids is 1. The van der Waals surface area contributed by atoms with Crippen molar-refractivity contribution in [1.82, 2.24) is 10.2 Å². The maximum Gasteiger partial charge on any atom is 0.326 e. The monoisotopic (exact) mass is 382 g/mol. The lowest BCUT2D eigenvalue weighted by atomic mass is 10.1. The lowest BCUT2D eigenvalue weighted by molar-refractivity contribution is -0.143. The van der Waals surface area contributed by atoms with Crippen LogP contribution in [0.15, 0.2) is 35.2 Å². The summed E-state index contributed by atoms with van der Waals surface area (Å²) in [5.74, 6) is -2.16. The number of carbonyl (C=O) groups excluding carboxylic acids is 2. The molecule has 3 N–H and O–H groups in total. The number of hydrogen-bond acceptors (Lipinski definition) is 5. The van der Waals surface area contributed by atoms with E-state index in [0.717, 1.165) is 0 Å². The summed E-state index contributed by atoms with van der Waals surface area (Å²) in [5.41, 5.74) is 0. The molecule has 0 radical (unpaired) electrons. The Hall–Kier alpha value is -2.26. The predicted molar refractivity (Wildman–Crippen MR) is 93.7 cm³/mol. The fourth-order valence-electron chi connectivity index (χ4n) is 2.85. The Kier molecular flexibility index (Phi) is 6.87. The van der Waals surface area contributed by atoms with Gasteiger partial charge >= 0.3 is 5.97 Å². The number of rotatable bonds is 7. The Morgan fingerprint density at radius 2 is 1.96 bits per heavy atom. The van der Waals surface area contributed by atoms with Crippen LogP contribution in [-0.2, 0) is 25.2 Å². The largest absolute Gasteiger partial charge is 0.480 e. The van der Waals surface area contributed by atoms with Crippen molar-refractivity contribution in [3.63, 3.8) is 0 Å². The van der Waals surface area contributed by atoms with E-state index in [1.165, 1.54) is 11.8 Å². The normalized spacial score (nSPS) is 21.8. The number of aliphatic hydroxyl groups is 1. The molecule has 8 nitrogen and oxygen atoms in total. The van der Waals surface area contributed by atoms with Gasteiger partial charge in [0.2, 0.25) is 11.8 Å². The van der Waals surface area contributed by atoms with E-state index in [2.05, 4.69) is 5.32 Å². The summed E-state index contributed by atoms with van der Waals surface area (Å²) < 4.78 is 12.2. The number of likely N-dealkylation sites (tertiary alicyclic amines) is 1. The molecule has 26 heavy (non-hydrogen) atoms. The highest BCUT2D eigenvalue weighted by Crippen LogP contribution is 2.18. The minimum absolute atomic E-state index is 0.0159. The van der Waals surface area contributed by atoms with Crippen LogP contribution in [0.1, 0.15) is 19.8 Å². The summed E-state index contributed by atoms with van der Waals surface area (Å²) in [6.07, 6.45) is -0.769.